The number of aromatic nitrogens is 2. The second kappa shape index (κ2) is 11.5. The van der Waals surface area contributed by atoms with Gasteiger partial charge in [-0.25, -0.2) is 4.98 Å². The first-order chi connectivity index (χ1) is 14.7. The smallest absolute Gasteiger partial charge is 0.224 e. The number of rotatable bonds is 12. The number of benzene rings is 2. The summed E-state index contributed by atoms with van der Waals surface area (Å²) in [5.74, 6) is 1.32. The van der Waals surface area contributed by atoms with Crippen LogP contribution in [0, 0.1) is 6.92 Å². The summed E-state index contributed by atoms with van der Waals surface area (Å²) < 4.78 is 2.41. The van der Waals surface area contributed by atoms with E-state index in [4.69, 9.17) is 4.98 Å². The Morgan fingerprint density at radius 1 is 0.967 bits per heavy atom. The fraction of sp³-hybridized carbons (Fsp3) is 0.462. The second-order valence-corrected chi connectivity index (χ2v) is 8.14. The number of carbonyl (C=O) groups excluding carboxylic acids is 1. The van der Waals surface area contributed by atoms with Crippen LogP contribution in [0.25, 0.3) is 11.0 Å². The van der Waals surface area contributed by atoms with Crippen LogP contribution in [-0.2, 0) is 24.2 Å². The fourth-order valence-corrected chi connectivity index (χ4v) is 3.94. The molecule has 4 heteroatoms. The monoisotopic (exact) mass is 405 g/mol. The van der Waals surface area contributed by atoms with Crippen LogP contribution >= 0.6 is 0 Å². The third-order valence-electron chi connectivity index (χ3n) is 5.73. The first kappa shape index (κ1) is 22.1. The van der Waals surface area contributed by atoms with Crippen molar-refractivity contribution in [3.05, 3.63) is 65.5 Å². The van der Waals surface area contributed by atoms with Crippen LogP contribution in [0.3, 0.4) is 0 Å². The highest BCUT2D eigenvalue weighted by Gasteiger charge is 2.10. The van der Waals surface area contributed by atoms with E-state index in [1.165, 1.54) is 36.2 Å². The standard InChI is InChI=1S/C26H35N3O/c1-3-4-12-19-29-24-16-10-9-15-23(24)28-25(29)17-6-5-11-18-27-26(30)20-22-14-8-7-13-21(22)2/h7-10,13-16H,3-6,11-12,17-20H2,1-2H3,(H,27,30). The van der Waals surface area contributed by atoms with E-state index in [1.807, 2.05) is 18.2 Å². The lowest BCUT2D eigenvalue weighted by Crippen LogP contribution is -2.26. The molecule has 0 atom stereocenters. The van der Waals surface area contributed by atoms with Gasteiger partial charge in [0.2, 0.25) is 5.91 Å². The molecule has 3 aromatic rings. The van der Waals surface area contributed by atoms with Crippen LogP contribution in [0.4, 0.5) is 0 Å². The third-order valence-corrected chi connectivity index (χ3v) is 5.73. The van der Waals surface area contributed by atoms with Crippen molar-refractivity contribution in [2.75, 3.05) is 6.54 Å². The molecule has 0 spiro atoms. The Morgan fingerprint density at radius 2 is 1.77 bits per heavy atom. The summed E-state index contributed by atoms with van der Waals surface area (Å²) in [6, 6.07) is 16.5. The maximum absolute atomic E-state index is 12.2. The molecule has 0 saturated heterocycles. The SMILES string of the molecule is CCCCCn1c(CCCCCNC(=O)Cc2ccccc2C)nc2ccccc21. The maximum Gasteiger partial charge on any atom is 0.224 e. The van der Waals surface area contributed by atoms with E-state index >= 15 is 0 Å². The molecule has 4 nitrogen and oxygen atoms in total. The van der Waals surface area contributed by atoms with Gasteiger partial charge in [0.05, 0.1) is 17.5 Å². The van der Waals surface area contributed by atoms with Crippen LogP contribution < -0.4 is 5.32 Å². The van der Waals surface area contributed by atoms with Crippen molar-refractivity contribution in [2.24, 2.45) is 0 Å². The Morgan fingerprint density at radius 3 is 2.60 bits per heavy atom. The van der Waals surface area contributed by atoms with Gasteiger partial charge in [0, 0.05) is 19.5 Å². The Balaban J connectivity index is 1.42. The molecule has 1 heterocycles. The highest BCUT2D eigenvalue weighted by atomic mass is 16.1. The van der Waals surface area contributed by atoms with Gasteiger partial charge in [-0.1, -0.05) is 62.6 Å². The van der Waals surface area contributed by atoms with E-state index < -0.39 is 0 Å². The lowest BCUT2D eigenvalue weighted by Gasteiger charge is -2.09. The van der Waals surface area contributed by atoms with Gasteiger partial charge in [-0.2, -0.15) is 0 Å². The lowest BCUT2D eigenvalue weighted by molar-refractivity contribution is -0.120. The van der Waals surface area contributed by atoms with Gasteiger partial charge in [-0.3, -0.25) is 4.79 Å². The molecular formula is C26H35N3O. The van der Waals surface area contributed by atoms with E-state index in [9.17, 15) is 4.79 Å². The van der Waals surface area contributed by atoms with Crippen molar-refractivity contribution in [3.63, 3.8) is 0 Å². The number of amides is 1. The Labute approximate surface area is 180 Å². The molecule has 160 valence electrons. The van der Waals surface area contributed by atoms with Crippen molar-refractivity contribution in [3.8, 4) is 0 Å². The largest absolute Gasteiger partial charge is 0.356 e. The molecule has 0 fully saturated rings. The van der Waals surface area contributed by atoms with Crippen LogP contribution in [0.15, 0.2) is 48.5 Å². The molecule has 0 aliphatic rings. The minimum absolute atomic E-state index is 0.113. The van der Waals surface area contributed by atoms with E-state index in [1.54, 1.807) is 0 Å². The molecule has 2 aromatic carbocycles. The Hall–Kier alpha value is -2.62. The number of hydrogen-bond donors (Lipinski definition) is 1. The van der Waals surface area contributed by atoms with Gasteiger partial charge in [0.25, 0.3) is 0 Å². The predicted molar refractivity (Wildman–Crippen MR) is 125 cm³/mol. The number of nitrogens with zero attached hydrogens (tertiary/aromatic N) is 2. The minimum atomic E-state index is 0.113. The fourth-order valence-electron chi connectivity index (χ4n) is 3.94. The zero-order chi connectivity index (χ0) is 21.2. The van der Waals surface area contributed by atoms with Crippen molar-refractivity contribution >= 4 is 16.9 Å². The number of aryl methyl sites for hydroxylation is 3. The summed E-state index contributed by atoms with van der Waals surface area (Å²) in [5.41, 5.74) is 4.64. The first-order valence-corrected chi connectivity index (χ1v) is 11.4. The first-order valence-electron chi connectivity index (χ1n) is 11.4. The molecule has 3 rings (SSSR count). The topological polar surface area (TPSA) is 46.9 Å². The molecule has 30 heavy (non-hydrogen) atoms. The summed E-state index contributed by atoms with van der Waals surface area (Å²) in [6.07, 6.45) is 8.37. The number of fused-ring (bicyclic) bond motifs is 1. The number of carbonyl (C=O) groups is 1. The number of unbranched alkanes of at least 4 members (excludes halogenated alkanes) is 4. The predicted octanol–water partition coefficient (Wildman–Crippen LogP) is 5.61. The van der Waals surface area contributed by atoms with Gasteiger partial charge in [-0.15, -0.1) is 0 Å². The highest BCUT2D eigenvalue weighted by Crippen LogP contribution is 2.19. The van der Waals surface area contributed by atoms with Crippen LogP contribution in [0.5, 0.6) is 0 Å². The van der Waals surface area contributed by atoms with Gasteiger partial charge in [0.15, 0.2) is 0 Å². The number of nitrogens with one attached hydrogen (secondary N) is 1. The molecule has 0 aliphatic heterocycles. The summed E-state index contributed by atoms with van der Waals surface area (Å²) in [6.45, 7) is 6.10. The minimum Gasteiger partial charge on any atom is -0.356 e. The highest BCUT2D eigenvalue weighted by molar-refractivity contribution is 5.78. The molecule has 0 bridgehead atoms. The van der Waals surface area contributed by atoms with Gasteiger partial charge in [0.1, 0.15) is 5.82 Å². The lowest BCUT2D eigenvalue weighted by atomic mass is 10.1. The van der Waals surface area contributed by atoms with Gasteiger partial charge in [-0.05, 0) is 49.4 Å². The average Bonchev–Trinajstić information content (AvgIpc) is 3.10. The van der Waals surface area contributed by atoms with E-state index in [2.05, 4.69) is 54.1 Å². The van der Waals surface area contributed by atoms with Crippen LogP contribution in [-0.4, -0.2) is 22.0 Å². The van der Waals surface area contributed by atoms with Crippen LogP contribution in [0.1, 0.15) is 62.4 Å². The number of para-hydroxylation sites is 2. The number of imidazole rings is 1. The maximum atomic E-state index is 12.2. The van der Waals surface area contributed by atoms with E-state index in [-0.39, 0.29) is 5.91 Å². The van der Waals surface area contributed by atoms with Crippen molar-refractivity contribution < 1.29 is 4.79 Å². The van der Waals surface area contributed by atoms with E-state index in [0.29, 0.717) is 6.42 Å². The van der Waals surface area contributed by atoms with Gasteiger partial charge < -0.3 is 9.88 Å². The van der Waals surface area contributed by atoms with Crippen molar-refractivity contribution in [1.29, 1.82) is 0 Å². The van der Waals surface area contributed by atoms with Gasteiger partial charge >= 0.3 is 0 Å². The average molecular weight is 406 g/mol. The van der Waals surface area contributed by atoms with Crippen molar-refractivity contribution in [2.45, 2.75) is 71.8 Å². The van der Waals surface area contributed by atoms with Crippen LogP contribution in [0.2, 0.25) is 0 Å². The quantitative estimate of drug-likeness (QED) is 0.398. The molecular weight excluding hydrogens is 370 g/mol. The molecule has 1 aromatic heterocycles. The summed E-state index contributed by atoms with van der Waals surface area (Å²) in [4.78, 5) is 17.0. The normalized spacial score (nSPS) is 11.1. The molecule has 1 amide bonds. The zero-order valence-electron chi connectivity index (χ0n) is 18.5. The Kier molecular flexibility index (Phi) is 8.49. The molecule has 0 unspecified atom stereocenters. The van der Waals surface area contributed by atoms with Crippen molar-refractivity contribution in [1.82, 2.24) is 14.9 Å². The summed E-state index contributed by atoms with van der Waals surface area (Å²) in [5, 5.41) is 3.06. The molecule has 0 radical (unpaired) electrons. The third kappa shape index (κ3) is 6.19. The number of hydrogen-bond acceptors (Lipinski definition) is 2. The molecule has 1 N–H and O–H groups in total. The van der Waals surface area contributed by atoms with E-state index in [0.717, 1.165) is 49.9 Å². The second-order valence-electron chi connectivity index (χ2n) is 8.14. The summed E-state index contributed by atoms with van der Waals surface area (Å²) in [7, 11) is 0. The molecule has 0 saturated carbocycles. The zero-order valence-corrected chi connectivity index (χ0v) is 18.5. The summed E-state index contributed by atoms with van der Waals surface area (Å²) >= 11 is 0. The molecule has 0 aliphatic carbocycles. The Bertz CT molecular complexity index is 944.